The van der Waals surface area contributed by atoms with Crippen molar-refractivity contribution in [2.75, 3.05) is 0 Å². The van der Waals surface area contributed by atoms with Crippen LogP contribution in [0.1, 0.15) is 33.6 Å². The summed E-state index contributed by atoms with van der Waals surface area (Å²) < 4.78 is 0. The first-order chi connectivity index (χ1) is 9.63. The van der Waals surface area contributed by atoms with Gasteiger partial charge in [0, 0.05) is 11.0 Å². The molecule has 1 saturated carbocycles. The molecule has 1 aliphatic heterocycles. The molecule has 0 spiro atoms. The lowest BCUT2D eigenvalue weighted by Gasteiger charge is -2.21. The van der Waals surface area contributed by atoms with E-state index in [9.17, 15) is 14.7 Å². The third-order valence-electron chi connectivity index (χ3n) is 3.86. The summed E-state index contributed by atoms with van der Waals surface area (Å²) >= 11 is 0. The summed E-state index contributed by atoms with van der Waals surface area (Å²) in [7, 11) is 0. The van der Waals surface area contributed by atoms with Crippen LogP contribution in [0.15, 0.2) is 29.4 Å². The van der Waals surface area contributed by atoms with Crippen LogP contribution in [0.5, 0.6) is 0 Å². The molecule has 1 fully saturated rings. The third kappa shape index (κ3) is 1.76. The van der Waals surface area contributed by atoms with Gasteiger partial charge in [-0.2, -0.15) is 0 Å². The first-order valence-electron chi connectivity index (χ1n) is 6.32. The van der Waals surface area contributed by atoms with Gasteiger partial charge in [-0.3, -0.25) is 14.5 Å². The van der Waals surface area contributed by atoms with Gasteiger partial charge in [-0.25, -0.2) is 0 Å². The summed E-state index contributed by atoms with van der Waals surface area (Å²) in [5, 5.41) is 13.3. The number of aliphatic hydroxyl groups excluding tert-OH is 1. The monoisotopic (exact) mass is 272 g/mol. The highest BCUT2D eigenvalue weighted by Gasteiger charge is 2.44. The van der Waals surface area contributed by atoms with Crippen LogP contribution in [0.2, 0.25) is 0 Å². The van der Waals surface area contributed by atoms with Crippen molar-refractivity contribution in [3.05, 3.63) is 45.8 Å². The van der Waals surface area contributed by atoms with Gasteiger partial charge >= 0.3 is 0 Å². The van der Waals surface area contributed by atoms with Crippen LogP contribution < -0.4 is 0 Å². The molecule has 0 bridgehead atoms. The molecule has 1 heterocycles. The van der Waals surface area contributed by atoms with Crippen molar-refractivity contribution >= 4 is 11.8 Å². The largest absolute Gasteiger partial charge is 0.393 e. The fourth-order valence-electron chi connectivity index (χ4n) is 2.91. The number of amides is 2. The maximum atomic E-state index is 12.3. The Balaban J connectivity index is 1.89. The number of carbonyl (C=O) groups is 2. The van der Waals surface area contributed by atoms with Crippen molar-refractivity contribution in [2.45, 2.75) is 31.0 Å². The van der Waals surface area contributed by atoms with Gasteiger partial charge < -0.3 is 5.11 Å². The topological polar surface area (TPSA) is 106 Å². The second-order valence-corrected chi connectivity index (χ2v) is 4.99. The summed E-state index contributed by atoms with van der Waals surface area (Å²) in [5.41, 5.74) is 9.22. The molecule has 2 amide bonds. The first kappa shape index (κ1) is 12.7. The van der Waals surface area contributed by atoms with Crippen LogP contribution in [0, 0.1) is 0 Å². The molecule has 1 aromatic carbocycles. The molecule has 0 radical (unpaired) electrons. The number of azide groups is 1. The molecule has 0 saturated heterocycles. The highest BCUT2D eigenvalue weighted by atomic mass is 16.3. The minimum absolute atomic E-state index is 0.245. The van der Waals surface area contributed by atoms with Gasteiger partial charge in [0.05, 0.1) is 23.3 Å². The standard InChI is InChI=1S/C13H12N4O3/c14-16-15-10-5-7(6-11(10)18)17-12(19)8-3-1-2-4-9(8)13(17)20/h1-4,7,10-11,18H,5-6H2. The number of imide groups is 1. The van der Waals surface area contributed by atoms with E-state index >= 15 is 0 Å². The average Bonchev–Trinajstić information content (AvgIpc) is 2.91. The third-order valence-corrected chi connectivity index (χ3v) is 3.86. The molecular weight excluding hydrogens is 260 g/mol. The van der Waals surface area contributed by atoms with Crippen LogP contribution in [0.3, 0.4) is 0 Å². The van der Waals surface area contributed by atoms with Crippen LogP contribution in [-0.2, 0) is 0 Å². The molecule has 1 aliphatic carbocycles. The van der Waals surface area contributed by atoms with E-state index in [4.69, 9.17) is 5.53 Å². The van der Waals surface area contributed by atoms with Crippen LogP contribution in [0.25, 0.3) is 10.4 Å². The Kier molecular flexibility index (Phi) is 2.93. The van der Waals surface area contributed by atoms with Crippen molar-refractivity contribution in [1.82, 2.24) is 4.90 Å². The Bertz CT molecular complexity index is 603. The smallest absolute Gasteiger partial charge is 0.261 e. The Morgan fingerprint density at radius 1 is 1.20 bits per heavy atom. The molecule has 7 heteroatoms. The lowest BCUT2D eigenvalue weighted by Crippen LogP contribution is -2.38. The van der Waals surface area contributed by atoms with Gasteiger partial charge in [0.15, 0.2) is 0 Å². The number of hydrogen-bond acceptors (Lipinski definition) is 4. The van der Waals surface area contributed by atoms with Crippen LogP contribution >= 0.6 is 0 Å². The van der Waals surface area contributed by atoms with Crippen molar-refractivity contribution in [2.24, 2.45) is 5.11 Å². The number of carbonyl (C=O) groups excluding carboxylic acids is 2. The number of rotatable bonds is 2. The highest BCUT2D eigenvalue weighted by molar-refractivity contribution is 6.21. The average molecular weight is 272 g/mol. The quantitative estimate of drug-likeness (QED) is 0.381. The fourth-order valence-corrected chi connectivity index (χ4v) is 2.91. The van der Waals surface area contributed by atoms with Gasteiger partial charge in [0.1, 0.15) is 0 Å². The second kappa shape index (κ2) is 4.63. The zero-order chi connectivity index (χ0) is 14.3. The van der Waals surface area contributed by atoms with Crippen LogP contribution in [0.4, 0.5) is 0 Å². The van der Waals surface area contributed by atoms with Gasteiger partial charge in [-0.15, -0.1) is 0 Å². The van der Waals surface area contributed by atoms with E-state index in [1.807, 2.05) is 0 Å². The maximum Gasteiger partial charge on any atom is 0.261 e. The minimum Gasteiger partial charge on any atom is -0.393 e. The summed E-state index contributed by atoms with van der Waals surface area (Å²) in [6.07, 6.45) is -0.272. The zero-order valence-electron chi connectivity index (χ0n) is 10.5. The maximum absolute atomic E-state index is 12.3. The summed E-state index contributed by atoms with van der Waals surface area (Å²) in [4.78, 5) is 28.4. The molecular formula is C13H12N4O3. The van der Waals surface area contributed by atoms with Gasteiger partial charge in [-0.05, 0) is 30.5 Å². The predicted molar refractivity (Wildman–Crippen MR) is 68.9 cm³/mol. The summed E-state index contributed by atoms with van der Waals surface area (Å²) in [5.74, 6) is -0.686. The highest BCUT2D eigenvalue weighted by Crippen LogP contribution is 2.33. The molecule has 3 atom stereocenters. The second-order valence-electron chi connectivity index (χ2n) is 4.99. The molecule has 3 rings (SSSR count). The molecule has 2 aliphatic rings. The van der Waals surface area contributed by atoms with E-state index in [0.29, 0.717) is 17.5 Å². The first-order valence-corrected chi connectivity index (χ1v) is 6.32. The SMILES string of the molecule is [N-]=[N+]=NC1CC(N2C(=O)c3ccccc3C2=O)CC1O. The predicted octanol–water partition coefficient (Wildman–Crippen LogP) is 1.48. The van der Waals surface area contributed by atoms with E-state index in [1.54, 1.807) is 24.3 Å². The van der Waals surface area contributed by atoms with E-state index in [1.165, 1.54) is 4.90 Å². The van der Waals surface area contributed by atoms with Crippen molar-refractivity contribution in [1.29, 1.82) is 0 Å². The number of hydrogen-bond donors (Lipinski definition) is 1. The lowest BCUT2D eigenvalue weighted by atomic mass is 10.1. The number of benzene rings is 1. The van der Waals surface area contributed by atoms with Crippen molar-refractivity contribution in [3.63, 3.8) is 0 Å². The van der Waals surface area contributed by atoms with Gasteiger partial charge in [-0.1, -0.05) is 17.2 Å². The van der Waals surface area contributed by atoms with Crippen molar-refractivity contribution in [3.8, 4) is 0 Å². The van der Waals surface area contributed by atoms with Crippen molar-refractivity contribution < 1.29 is 14.7 Å². The molecule has 1 N–H and O–H groups in total. The van der Waals surface area contributed by atoms with Gasteiger partial charge in [0.25, 0.3) is 11.8 Å². The summed E-state index contributed by atoms with van der Waals surface area (Å²) in [6, 6.07) is 5.64. The van der Waals surface area contributed by atoms with E-state index in [0.717, 1.165) is 0 Å². The molecule has 3 unspecified atom stereocenters. The molecule has 20 heavy (non-hydrogen) atoms. The normalized spacial score (nSPS) is 28.4. The Hall–Kier alpha value is -2.37. The van der Waals surface area contributed by atoms with Crippen LogP contribution in [-0.4, -0.2) is 40.0 Å². The lowest BCUT2D eigenvalue weighted by molar-refractivity contribution is 0.0575. The molecule has 1 aromatic rings. The molecule has 0 aromatic heterocycles. The van der Waals surface area contributed by atoms with E-state index < -0.39 is 18.2 Å². The molecule has 7 nitrogen and oxygen atoms in total. The number of aliphatic hydroxyl groups is 1. The number of fused-ring (bicyclic) bond motifs is 1. The minimum atomic E-state index is -0.819. The zero-order valence-corrected chi connectivity index (χ0v) is 10.5. The number of nitrogens with zero attached hydrogens (tertiary/aromatic N) is 4. The fraction of sp³-hybridized carbons (Fsp3) is 0.385. The Morgan fingerprint density at radius 3 is 2.35 bits per heavy atom. The Labute approximate surface area is 114 Å². The van der Waals surface area contributed by atoms with Gasteiger partial charge in [0.2, 0.25) is 0 Å². The summed E-state index contributed by atoms with van der Waals surface area (Å²) in [6.45, 7) is 0. The van der Waals surface area contributed by atoms with E-state index in [-0.39, 0.29) is 18.2 Å². The Morgan fingerprint density at radius 2 is 1.80 bits per heavy atom. The molecule has 102 valence electrons. The van der Waals surface area contributed by atoms with E-state index in [2.05, 4.69) is 10.0 Å².